The van der Waals surface area contributed by atoms with Crippen molar-refractivity contribution in [3.63, 3.8) is 0 Å². The van der Waals surface area contributed by atoms with Gasteiger partial charge >= 0.3 is 0 Å². The van der Waals surface area contributed by atoms with Crippen molar-refractivity contribution >= 4 is 29.2 Å². The average Bonchev–Trinajstić information content (AvgIpc) is 3.15. The van der Waals surface area contributed by atoms with Crippen LogP contribution in [0, 0.1) is 0 Å². The van der Waals surface area contributed by atoms with Crippen LogP contribution in [0.2, 0.25) is 0 Å². The second kappa shape index (κ2) is 7.94. The van der Waals surface area contributed by atoms with Crippen LogP contribution in [-0.4, -0.2) is 6.04 Å². The lowest BCUT2D eigenvalue weighted by Gasteiger charge is -2.26. The normalized spacial score (nSPS) is 12.9. The Labute approximate surface area is 148 Å². The number of thiophene rings is 1. The monoisotopic (exact) mass is 355 g/mol. The standard InChI is InChI=1S/C20H22NOPS/c1-2-17(16-20-14-9-15-24-20)21-23(22,18-10-5-3-6-11-18)19-12-7-4-8-13-19/h3-15,17H,2,16H2,1H3,(H,21,22). The molecule has 0 saturated heterocycles. The van der Waals surface area contributed by atoms with Crippen LogP contribution in [0.25, 0.3) is 0 Å². The Balaban J connectivity index is 1.94. The summed E-state index contributed by atoms with van der Waals surface area (Å²) in [5.41, 5.74) is 0. The van der Waals surface area contributed by atoms with Crippen LogP contribution in [0.1, 0.15) is 18.2 Å². The topological polar surface area (TPSA) is 29.1 Å². The maximum Gasteiger partial charge on any atom is 0.204 e. The first kappa shape index (κ1) is 17.2. The highest BCUT2D eigenvalue weighted by Gasteiger charge is 2.29. The fourth-order valence-corrected chi connectivity index (χ4v) is 6.14. The van der Waals surface area contributed by atoms with Gasteiger partial charge < -0.3 is 0 Å². The zero-order chi connectivity index (χ0) is 16.8. The van der Waals surface area contributed by atoms with E-state index < -0.39 is 7.29 Å². The molecule has 1 atom stereocenters. The lowest BCUT2D eigenvalue weighted by Crippen LogP contribution is -2.36. The molecule has 0 aliphatic heterocycles. The van der Waals surface area contributed by atoms with Gasteiger partial charge in [0.05, 0.1) is 0 Å². The summed E-state index contributed by atoms with van der Waals surface area (Å²) in [7, 11) is -2.86. The van der Waals surface area contributed by atoms with E-state index >= 15 is 0 Å². The maximum absolute atomic E-state index is 14.0. The van der Waals surface area contributed by atoms with Crippen molar-refractivity contribution in [3.05, 3.63) is 83.1 Å². The van der Waals surface area contributed by atoms with Crippen molar-refractivity contribution in [2.24, 2.45) is 0 Å². The van der Waals surface area contributed by atoms with Gasteiger partial charge in [-0.25, -0.2) is 0 Å². The highest BCUT2D eigenvalue weighted by Crippen LogP contribution is 2.40. The summed E-state index contributed by atoms with van der Waals surface area (Å²) in [5.74, 6) is 0. The molecule has 0 aliphatic carbocycles. The van der Waals surface area contributed by atoms with Crippen LogP contribution in [0.5, 0.6) is 0 Å². The summed E-state index contributed by atoms with van der Waals surface area (Å²) >= 11 is 1.75. The highest BCUT2D eigenvalue weighted by atomic mass is 32.1. The minimum Gasteiger partial charge on any atom is -0.297 e. The highest BCUT2D eigenvalue weighted by molar-refractivity contribution is 7.76. The van der Waals surface area contributed by atoms with Gasteiger partial charge in [0.25, 0.3) is 0 Å². The molecule has 0 fully saturated rings. The largest absolute Gasteiger partial charge is 0.297 e. The van der Waals surface area contributed by atoms with Gasteiger partial charge in [-0.3, -0.25) is 9.65 Å². The molecule has 0 bridgehead atoms. The van der Waals surface area contributed by atoms with Gasteiger partial charge in [0.1, 0.15) is 0 Å². The lowest BCUT2D eigenvalue weighted by atomic mass is 10.1. The quantitative estimate of drug-likeness (QED) is 0.628. The van der Waals surface area contributed by atoms with Gasteiger partial charge in [-0.2, -0.15) is 0 Å². The lowest BCUT2D eigenvalue weighted by molar-refractivity contribution is 0.545. The molecule has 3 aromatic rings. The predicted octanol–water partition coefficient (Wildman–Crippen LogP) is 4.59. The van der Waals surface area contributed by atoms with Crippen molar-refractivity contribution in [3.8, 4) is 0 Å². The molecule has 1 N–H and O–H groups in total. The van der Waals surface area contributed by atoms with Gasteiger partial charge in [-0.15, -0.1) is 11.3 Å². The molecule has 0 radical (unpaired) electrons. The average molecular weight is 355 g/mol. The number of rotatable bonds is 7. The minimum absolute atomic E-state index is 0.176. The van der Waals surface area contributed by atoms with Crippen molar-refractivity contribution in [2.45, 2.75) is 25.8 Å². The molecule has 4 heteroatoms. The Morgan fingerprint density at radius 3 is 1.96 bits per heavy atom. The summed E-state index contributed by atoms with van der Waals surface area (Å²) in [6.07, 6.45) is 1.83. The molecule has 3 rings (SSSR count). The van der Waals surface area contributed by atoms with Crippen LogP contribution in [0.3, 0.4) is 0 Å². The first-order valence-electron chi connectivity index (χ1n) is 8.24. The molecule has 124 valence electrons. The Morgan fingerprint density at radius 2 is 1.50 bits per heavy atom. The smallest absolute Gasteiger partial charge is 0.204 e. The molecule has 0 spiro atoms. The van der Waals surface area contributed by atoms with Crippen LogP contribution in [0.15, 0.2) is 78.2 Å². The molecular formula is C20H22NOPS. The van der Waals surface area contributed by atoms with E-state index in [2.05, 4.69) is 29.5 Å². The Kier molecular flexibility index (Phi) is 5.68. The summed E-state index contributed by atoms with van der Waals surface area (Å²) in [6, 6.07) is 23.9. The van der Waals surface area contributed by atoms with E-state index in [1.54, 1.807) is 11.3 Å². The van der Waals surface area contributed by atoms with E-state index in [1.165, 1.54) is 4.88 Å². The Hall–Kier alpha value is -1.67. The maximum atomic E-state index is 14.0. The number of benzene rings is 2. The summed E-state index contributed by atoms with van der Waals surface area (Å²) in [4.78, 5) is 1.32. The minimum atomic E-state index is -2.86. The van der Waals surface area contributed by atoms with Crippen molar-refractivity contribution < 1.29 is 4.57 Å². The zero-order valence-corrected chi connectivity index (χ0v) is 15.5. The van der Waals surface area contributed by atoms with E-state index in [1.807, 2.05) is 60.7 Å². The van der Waals surface area contributed by atoms with Gasteiger partial charge in [0.15, 0.2) is 0 Å². The van der Waals surface area contributed by atoms with E-state index in [4.69, 9.17) is 0 Å². The molecular weight excluding hydrogens is 333 g/mol. The van der Waals surface area contributed by atoms with Crippen molar-refractivity contribution in [2.75, 3.05) is 0 Å². The van der Waals surface area contributed by atoms with Gasteiger partial charge in [-0.1, -0.05) is 49.4 Å². The SMILES string of the molecule is CCC(Cc1cccs1)NP(=O)(c1ccccc1)c1ccccc1. The van der Waals surface area contributed by atoms with Gasteiger partial charge in [0, 0.05) is 21.5 Å². The van der Waals surface area contributed by atoms with Crippen LogP contribution in [-0.2, 0) is 11.0 Å². The van der Waals surface area contributed by atoms with Gasteiger partial charge in [-0.05, 0) is 48.6 Å². The molecule has 24 heavy (non-hydrogen) atoms. The summed E-state index contributed by atoms with van der Waals surface area (Å²) < 4.78 is 14.0. The van der Waals surface area contributed by atoms with Crippen LogP contribution >= 0.6 is 18.6 Å². The molecule has 0 aliphatic rings. The second-order valence-corrected chi connectivity index (χ2v) is 9.34. The third kappa shape index (κ3) is 3.87. The summed E-state index contributed by atoms with van der Waals surface area (Å²) in [5, 5.41) is 7.33. The Bertz CT molecular complexity index is 744. The summed E-state index contributed by atoms with van der Waals surface area (Å²) in [6.45, 7) is 2.14. The third-order valence-electron chi connectivity index (χ3n) is 4.12. The zero-order valence-electron chi connectivity index (χ0n) is 13.8. The van der Waals surface area contributed by atoms with Crippen LogP contribution < -0.4 is 15.7 Å². The van der Waals surface area contributed by atoms with E-state index in [0.29, 0.717) is 0 Å². The van der Waals surface area contributed by atoms with Crippen molar-refractivity contribution in [1.82, 2.24) is 5.09 Å². The molecule has 0 saturated carbocycles. The number of nitrogens with one attached hydrogen (secondary N) is 1. The fraction of sp³-hybridized carbons (Fsp3) is 0.200. The van der Waals surface area contributed by atoms with Gasteiger partial charge in [0.2, 0.25) is 7.29 Å². The molecule has 1 aromatic heterocycles. The first-order valence-corrected chi connectivity index (χ1v) is 10.8. The van der Waals surface area contributed by atoms with E-state index in [9.17, 15) is 4.57 Å². The molecule has 2 nitrogen and oxygen atoms in total. The van der Waals surface area contributed by atoms with Crippen molar-refractivity contribution in [1.29, 1.82) is 0 Å². The van der Waals surface area contributed by atoms with E-state index in [-0.39, 0.29) is 6.04 Å². The predicted molar refractivity (Wildman–Crippen MR) is 105 cm³/mol. The van der Waals surface area contributed by atoms with Crippen LogP contribution in [0.4, 0.5) is 0 Å². The second-order valence-electron chi connectivity index (χ2n) is 5.80. The molecule has 1 heterocycles. The third-order valence-corrected chi connectivity index (χ3v) is 7.80. The fourth-order valence-electron chi connectivity index (χ4n) is 2.78. The number of hydrogen-bond donors (Lipinski definition) is 1. The van der Waals surface area contributed by atoms with E-state index in [0.717, 1.165) is 23.5 Å². The molecule has 0 amide bonds. The Morgan fingerprint density at radius 1 is 0.917 bits per heavy atom. The molecule has 1 unspecified atom stereocenters. The first-order chi connectivity index (χ1) is 11.7. The molecule has 2 aromatic carbocycles. The number of hydrogen-bond acceptors (Lipinski definition) is 2.